The number of rotatable bonds is 12. The van der Waals surface area contributed by atoms with E-state index in [0.29, 0.717) is 51.8 Å². The molecule has 254 valence electrons. The highest BCUT2D eigenvalue weighted by Crippen LogP contribution is 2.71. The van der Waals surface area contributed by atoms with Crippen molar-refractivity contribution in [3.8, 4) is 17.2 Å². The summed E-state index contributed by atoms with van der Waals surface area (Å²) in [6.07, 6.45) is 3.61. The van der Waals surface area contributed by atoms with E-state index >= 15 is 0 Å². The summed E-state index contributed by atoms with van der Waals surface area (Å²) in [6.45, 7) is 1.81. The van der Waals surface area contributed by atoms with Crippen LogP contribution in [0.15, 0.2) is 117 Å². The average Bonchev–Trinajstić information content (AvgIpc) is 3.90. The molecule has 0 amide bonds. The molecular weight excluding hydrogens is 660 g/mol. The first-order valence-corrected chi connectivity index (χ1v) is 19.0. The Labute approximate surface area is 281 Å². The van der Waals surface area contributed by atoms with Gasteiger partial charge in [-0.3, -0.25) is 0 Å². The van der Waals surface area contributed by atoms with Crippen molar-refractivity contribution in [3.63, 3.8) is 0 Å². The van der Waals surface area contributed by atoms with Crippen molar-refractivity contribution in [2.75, 3.05) is 19.8 Å². The number of benzene rings is 4. The minimum absolute atomic E-state index is 0.189. The minimum atomic E-state index is -4.51. The third-order valence-corrected chi connectivity index (χ3v) is 13.3. The molecule has 7 rings (SSSR count). The molecule has 3 atom stereocenters. The summed E-state index contributed by atoms with van der Waals surface area (Å²) in [4.78, 5) is 1.41. The predicted molar refractivity (Wildman–Crippen MR) is 175 cm³/mol. The highest BCUT2D eigenvalue weighted by molar-refractivity contribution is 8.33. The van der Waals surface area contributed by atoms with Crippen LogP contribution in [0.2, 0.25) is 0 Å². The molecule has 3 unspecified atom stereocenters. The lowest BCUT2D eigenvalue weighted by Crippen LogP contribution is -2.17. The summed E-state index contributed by atoms with van der Waals surface area (Å²) in [5.41, 5.74) is 0. The van der Waals surface area contributed by atoms with Crippen LogP contribution in [0.3, 0.4) is 0 Å². The van der Waals surface area contributed by atoms with E-state index in [1.807, 2.05) is 18.2 Å². The first-order chi connectivity index (χ1) is 23.4. The van der Waals surface area contributed by atoms with Crippen LogP contribution in [0, 0.1) is 5.82 Å². The number of hydrogen-bond donors (Lipinski definition) is 0. The Balaban J connectivity index is 1.41. The standard InChI is InChI=1S/C36H37FO9S2/c37-26-16-18-30(19-17-26)48(38,39)46-47(31-10-1-7-27(23-31)43-34-13-4-20-40-34,32-11-2-8-28(24-32)44-35-14-5-21-41-35)33-12-3-9-29(25-33)45-36-15-6-22-42-36/h1-3,7-12,16-19,23-25,34-36H,4-6,13-15,20-22H2. The summed E-state index contributed by atoms with van der Waals surface area (Å²) in [7, 11) is -7.67. The van der Waals surface area contributed by atoms with E-state index in [1.165, 1.54) is 12.1 Å². The lowest BCUT2D eigenvalue weighted by atomic mass is 10.3. The zero-order valence-electron chi connectivity index (χ0n) is 26.2. The van der Waals surface area contributed by atoms with E-state index < -0.39 is 45.1 Å². The van der Waals surface area contributed by atoms with E-state index in [0.717, 1.165) is 50.7 Å². The first-order valence-electron chi connectivity index (χ1n) is 16.1. The van der Waals surface area contributed by atoms with Gasteiger partial charge in [0.1, 0.15) is 23.1 Å². The smallest absolute Gasteiger partial charge is 0.307 e. The zero-order valence-corrected chi connectivity index (χ0v) is 27.8. The van der Waals surface area contributed by atoms with Gasteiger partial charge in [-0.05, 0) is 108 Å². The van der Waals surface area contributed by atoms with E-state index in [-0.39, 0.29) is 4.90 Å². The van der Waals surface area contributed by atoms with Gasteiger partial charge in [-0.1, -0.05) is 18.2 Å². The summed E-state index contributed by atoms with van der Waals surface area (Å²) in [5, 5.41) is 0. The van der Waals surface area contributed by atoms with Crippen molar-refractivity contribution >= 4 is 20.4 Å². The van der Waals surface area contributed by atoms with Crippen molar-refractivity contribution < 1.29 is 44.9 Å². The topological polar surface area (TPSA) is 98.8 Å². The molecule has 3 fully saturated rings. The van der Waals surface area contributed by atoms with Crippen LogP contribution in [-0.4, -0.2) is 47.1 Å². The Morgan fingerprint density at radius 3 is 1.29 bits per heavy atom. The Kier molecular flexibility index (Phi) is 9.90. The second-order valence-electron chi connectivity index (χ2n) is 11.6. The van der Waals surface area contributed by atoms with Gasteiger partial charge < -0.3 is 28.4 Å². The number of ether oxygens (including phenoxy) is 6. The maximum absolute atomic E-state index is 14.3. The average molecular weight is 697 g/mol. The summed E-state index contributed by atoms with van der Waals surface area (Å²) in [5.74, 6) is 0.928. The fourth-order valence-corrected chi connectivity index (χ4v) is 11.1. The molecule has 0 saturated carbocycles. The molecule has 3 heterocycles. The zero-order chi connectivity index (χ0) is 33.0. The van der Waals surface area contributed by atoms with Crippen molar-refractivity contribution in [2.45, 2.75) is 77.0 Å². The third-order valence-electron chi connectivity index (χ3n) is 8.17. The van der Waals surface area contributed by atoms with Crippen molar-refractivity contribution in [1.29, 1.82) is 0 Å². The van der Waals surface area contributed by atoms with E-state index in [1.54, 1.807) is 54.6 Å². The van der Waals surface area contributed by atoms with Crippen molar-refractivity contribution in [3.05, 3.63) is 103 Å². The summed E-state index contributed by atoms with van der Waals surface area (Å²) < 4.78 is 84.9. The summed E-state index contributed by atoms with van der Waals surface area (Å²) >= 11 is 0. The van der Waals surface area contributed by atoms with E-state index in [2.05, 4.69) is 0 Å². The lowest BCUT2D eigenvalue weighted by Gasteiger charge is -2.40. The normalized spacial score (nSPS) is 23.0. The van der Waals surface area contributed by atoms with Crippen molar-refractivity contribution in [2.24, 2.45) is 0 Å². The van der Waals surface area contributed by atoms with Gasteiger partial charge in [-0.2, -0.15) is 8.42 Å². The second kappa shape index (κ2) is 14.5. The van der Waals surface area contributed by atoms with Crippen LogP contribution >= 0.6 is 10.3 Å². The largest absolute Gasteiger partial charge is 0.465 e. The SMILES string of the molecule is O=S(=O)(OS(c1cccc(OC2CCCO2)c1)(c1cccc(OC2CCCO2)c1)c1cccc(OC2CCCO2)c1)c1ccc(F)cc1. The fourth-order valence-electron chi connectivity index (χ4n) is 5.86. The van der Waals surface area contributed by atoms with Crippen molar-refractivity contribution in [1.82, 2.24) is 0 Å². The predicted octanol–water partition coefficient (Wildman–Crippen LogP) is 7.97. The molecule has 0 aromatic heterocycles. The molecule has 0 radical (unpaired) electrons. The minimum Gasteiger partial charge on any atom is -0.465 e. The van der Waals surface area contributed by atoms with Gasteiger partial charge in [0.25, 0.3) is 0 Å². The molecule has 3 saturated heterocycles. The van der Waals surface area contributed by atoms with Crippen LogP contribution in [0.1, 0.15) is 38.5 Å². The first kappa shape index (κ1) is 32.9. The molecule has 0 spiro atoms. The molecule has 3 aliphatic rings. The van der Waals surface area contributed by atoms with E-state index in [4.69, 9.17) is 32.1 Å². The van der Waals surface area contributed by atoms with Gasteiger partial charge in [-0.25, -0.2) is 8.02 Å². The van der Waals surface area contributed by atoms with Gasteiger partial charge in [0.15, 0.2) is 18.9 Å². The molecule has 48 heavy (non-hydrogen) atoms. The third kappa shape index (κ3) is 7.34. The molecule has 4 aromatic carbocycles. The molecule has 9 nitrogen and oxygen atoms in total. The molecular formula is C36H37FO9S2. The molecule has 12 heteroatoms. The van der Waals surface area contributed by atoms with Gasteiger partial charge in [0.2, 0.25) is 0 Å². The van der Waals surface area contributed by atoms with Gasteiger partial charge in [0, 0.05) is 33.9 Å². The van der Waals surface area contributed by atoms with Crippen LogP contribution in [0.25, 0.3) is 0 Å². The number of halogens is 1. The Morgan fingerprint density at radius 2 is 0.938 bits per heavy atom. The molecule has 0 N–H and O–H groups in total. The van der Waals surface area contributed by atoms with Crippen LogP contribution in [0.5, 0.6) is 17.2 Å². The Morgan fingerprint density at radius 1 is 0.542 bits per heavy atom. The maximum Gasteiger partial charge on any atom is 0.307 e. The van der Waals surface area contributed by atoms with Gasteiger partial charge >= 0.3 is 10.1 Å². The molecule has 0 aliphatic carbocycles. The Bertz CT molecular complexity index is 1650. The monoisotopic (exact) mass is 696 g/mol. The van der Waals surface area contributed by atoms with Crippen LogP contribution in [-0.2, 0) is 28.0 Å². The quantitative estimate of drug-likeness (QED) is 0.146. The maximum atomic E-state index is 14.3. The van der Waals surface area contributed by atoms with Gasteiger partial charge in [0.05, 0.1) is 24.7 Å². The highest BCUT2D eigenvalue weighted by Gasteiger charge is 2.40. The highest BCUT2D eigenvalue weighted by atomic mass is 32.3. The number of hydrogen-bond acceptors (Lipinski definition) is 9. The lowest BCUT2D eigenvalue weighted by molar-refractivity contribution is -0.0394. The van der Waals surface area contributed by atoms with Crippen LogP contribution < -0.4 is 14.2 Å². The van der Waals surface area contributed by atoms with Gasteiger partial charge in [-0.15, -0.1) is 0 Å². The summed E-state index contributed by atoms with van der Waals surface area (Å²) in [6, 6.07) is 26.2. The molecule has 3 aliphatic heterocycles. The molecule has 4 aromatic rings. The Hall–Kier alpha value is -3.65. The molecule has 0 bridgehead atoms. The van der Waals surface area contributed by atoms with Crippen LogP contribution in [0.4, 0.5) is 4.39 Å². The van der Waals surface area contributed by atoms with E-state index in [9.17, 15) is 12.8 Å². The fraction of sp³-hybridized carbons (Fsp3) is 0.333. The second-order valence-corrected chi connectivity index (χ2v) is 16.1.